The third-order valence-corrected chi connectivity index (χ3v) is 4.66. The molecule has 8 heteroatoms. The van der Waals surface area contributed by atoms with Crippen molar-refractivity contribution >= 4 is 23.3 Å². The molecule has 0 radical (unpaired) electrons. The van der Waals surface area contributed by atoms with Gasteiger partial charge in [-0.3, -0.25) is 4.79 Å². The predicted octanol–water partition coefficient (Wildman–Crippen LogP) is 3.10. The molecular formula is C23H26N2O6. The van der Waals surface area contributed by atoms with Gasteiger partial charge in [0.05, 0.1) is 24.6 Å². The Kier molecular flexibility index (Phi) is 7.48. The number of esters is 1. The summed E-state index contributed by atoms with van der Waals surface area (Å²) < 4.78 is 15.8. The van der Waals surface area contributed by atoms with Crippen molar-refractivity contribution in [2.24, 2.45) is 5.16 Å². The molecule has 0 atom stereocenters. The molecule has 1 aliphatic rings. The fourth-order valence-electron chi connectivity index (χ4n) is 3.10. The smallest absolute Gasteiger partial charge is 0.344 e. The molecule has 1 amide bonds. The Balaban J connectivity index is 1.54. The number of fused-ring (bicyclic) bond motifs is 1. The molecule has 0 spiro atoms. The van der Waals surface area contributed by atoms with Crippen LogP contribution < -0.4 is 14.4 Å². The van der Waals surface area contributed by atoms with Crippen LogP contribution in [0, 0.1) is 6.92 Å². The van der Waals surface area contributed by atoms with Crippen LogP contribution in [0.15, 0.2) is 47.6 Å². The minimum absolute atomic E-state index is 0.0170. The minimum atomic E-state index is -0.404. The van der Waals surface area contributed by atoms with Crippen molar-refractivity contribution < 1.29 is 28.6 Å². The molecule has 1 heterocycles. The van der Waals surface area contributed by atoms with Gasteiger partial charge >= 0.3 is 5.97 Å². The number of nitrogens with zero attached hydrogens (tertiary/aromatic N) is 2. The molecule has 0 unspecified atom stereocenters. The van der Waals surface area contributed by atoms with Crippen LogP contribution in [0.4, 0.5) is 5.69 Å². The molecule has 0 saturated carbocycles. The third-order valence-electron chi connectivity index (χ3n) is 4.66. The predicted molar refractivity (Wildman–Crippen MR) is 116 cm³/mol. The lowest BCUT2D eigenvalue weighted by molar-refractivity contribution is -0.145. The second kappa shape index (κ2) is 10.5. The minimum Gasteiger partial charge on any atom is -0.482 e. The Hall–Kier alpha value is -3.55. The summed E-state index contributed by atoms with van der Waals surface area (Å²) in [5, 5.41) is 4.16. The lowest BCUT2D eigenvalue weighted by Gasteiger charge is -2.28. The van der Waals surface area contributed by atoms with E-state index in [1.54, 1.807) is 17.9 Å². The van der Waals surface area contributed by atoms with E-state index in [9.17, 15) is 9.59 Å². The van der Waals surface area contributed by atoms with Gasteiger partial charge in [0.1, 0.15) is 18.1 Å². The average Bonchev–Trinajstić information content (AvgIpc) is 2.77. The van der Waals surface area contributed by atoms with Gasteiger partial charge in [-0.1, -0.05) is 17.3 Å². The molecule has 0 bridgehead atoms. The Bertz CT molecular complexity index is 972. The largest absolute Gasteiger partial charge is 0.482 e. The van der Waals surface area contributed by atoms with Crippen molar-refractivity contribution in [3.8, 4) is 11.5 Å². The number of anilines is 1. The van der Waals surface area contributed by atoms with Gasteiger partial charge in [0.15, 0.2) is 13.2 Å². The second-order valence-electron chi connectivity index (χ2n) is 6.89. The number of amides is 1. The maximum absolute atomic E-state index is 12.2. The number of oxime groups is 1. The fourth-order valence-corrected chi connectivity index (χ4v) is 3.10. The van der Waals surface area contributed by atoms with Crippen LogP contribution >= 0.6 is 0 Å². The summed E-state index contributed by atoms with van der Waals surface area (Å²) in [4.78, 5) is 30.7. The van der Waals surface area contributed by atoms with Crippen molar-refractivity contribution in [3.63, 3.8) is 0 Å². The van der Waals surface area contributed by atoms with Crippen LogP contribution in [-0.2, 0) is 19.2 Å². The van der Waals surface area contributed by atoms with E-state index in [2.05, 4.69) is 5.16 Å². The first-order valence-electron chi connectivity index (χ1n) is 10.1. The van der Waals surface area contributed by atoms with Crippen molar-refractivity contribution in [1.29, 1.82) is 0 Å². The Morgan fingerprint density at radius 2 is 2.03 bits per heavy atom. The molecule has 0 aromatic heterocycles. The van der Waals surface area contributed by atoms with Crippen LogP contribution in [0.3, 0.4) is 0 Å². The summed E-state index contributed by atoms with van der Waals surface area (Å²) in [7, 11) is 0. The van der Waals surface area contributed by atoms with E-state index in [-0.39, 0.29) is 25.7 Å². The number of benzene rings is 2. The van der Waals surface area contributed by atoms with Crippen molar-refractivity contribution in [2.75, 3.05) is 37.9 Å². The van der Waals surface area contributed by atoms with Gasteiger partial charge in [-0.15, -0.1) is 0 Å². The molecule has 0 N–H and O–H groups in total. The van der Waals surface area contributed by atoms with E-state index in [4.69, 9.17) is 19.0 Å². The maximum atomic E-state index is 12.2. The van der Waals surface area contributed by atoms with Gasteiger partial charge in [0, 0.05) is 0 Å². The molecule has 3 rings (SSSR count). The Morgan fingerprint density at radius 1 is 1.23 bits per heavy atom. The second-order valence-corrected chi connectivity index (χ2v) is 6.89. The van der Waals surface area contributed by atoms with Gasteiger partial charge in [-0.25, -0.2) is 4.79 Å². The van der Waals surface area contributed by atoms with E-state index in [1.165, 1.54) is 0 Å². The topological polar surface area (TPSA) is 86.7 Å². The number of carbonyl (C=O) groups is 2. The zero-order valence-corrected chi connectivity index (χ0v) is 17.9. The van der Waals surface area contributed by atoms with E-state index in [0.29, 0.717) is 30.4 Å². The summed E-state index contributed by atoms with van der Waals surface area (Å²) in [5.41, 5.74) is 3.16. The maximum Gasteiger partial charge on any atom is 0.344 e. The summed E-state index contributed by atoms with van der Waals surface area (Å²) >= 11 is 0. The van der Waals surface area contributed by atoms with Gasteiger partial charge in [0.2, 0.25) is 0 Å². The molecule has 2 aromatic rings. The highest BCUT2D eigenvalue weighted by Crippen LogP contribution is 2.31. The monoisotopic (exact) mass is 426 g/mol. The molecule has 8 nitrogen and oxygen atoms in total. The molecule has 0 aliphatic carbocycles. The van der Waals surface area contributed by atoms with Crippen molar-refractivity contribution in [3.05, 3.63) is 53.6 Å². The number of para-hydroxylation sites is 2. The zero-order chi connectivity index (χ0) is 22.2. The first kappa shape index (κ1) is 22.1. The lowest BCUT2D eigenvalue weighted by atomic mass is 10.1. The number of aryl methyl sites for hydroxylation is 1. The molecule has 1 aliphatic heterocycles. The SMILES string of the molecule is CCOC(=O)COc1ccc(/C(C)=N/OCCN2C(=O)COc3ccccc32)cc1C. The molecule has 0 fully saturated rings. The number of hydrogen-bond acceptors (Lipinski definition) is 7. The van der Waals surface area contributed by atoms with Crippen molar-refractivity contribution in [2.45, 2.75) is 20.8 Å². The first-order valence-corrected chi connectivity index (χ1v) is 10.1. The molecular weight excluding hydrogens is 400 g/mol. The summed E-state index contributed by atoms with van der Waals surface area (Å²) in [6.45, 7) is 6.30. The van der Waals surface area contributed by atoms with E-state index >= 15 is 0 Å². The zero-order valence-electron chi connectivity index (χ0n) is 17.9. The number of rotatable bonds is 9. The van der Waals surface area contributed by atoms with Gasteiger partial charge in [-0.2, -0.15) is 0 Å². The highest BCUT2D eigenvalue weighted by molar-refractivity contribution is 5.99. The number of ether oxygens (including phenoxy) is 3. The van der Waals surface area contributed by atoms with Gasteiger partial charge in [0.25, 0.3) is 5.91 Å². The standard InChI is InChI=1S/C23H26N2O6/c1-4-28-23(27)15-30-20-10-9-18(13-16(20)2)17(3)24-31-12-11-25-19-7-5-6-8-21(19)29-14-22(25)26/h5-10,13H,4,11-12,14-15H2,1-3H3/b24-17+. The average molecular weight is 426 g/mol. The highest BCUT2D eigenvalue weighted by atomic mass is 16.6. The van der Waals surface area contributed by atoms with E-state index in [0.717, 1.165) is 16.8 Å². The molecule has 0 saturated heterocycles. The Labute approximate surface area is 181 Å². The van der Waals surface area contributed by atoms with Crippen molar-refractivity contribution in [1.82, 2.24) is 0 Å². The van der Waals surface area contributed by atoms with Crippen LogP contribution in [0.1, 0.15) is 25.0 Å². The molecule has 2 aromatic carbocycles. The van der Waals surface area contributed by atoms with Gasteiger partial charge in [-0.05, 0) is 62.2 Å². The Morgan fingerprint density at radius 3 is 2.81 bits per heavy atom. The summed E-state index contributed by atoms with van der Waals surface area (Å²) in [5.74, 6) is 0.771. The molecule has 31 heavy (non-hydrogen) atoms. The van der Waals surface area contributed by atoms with E-state index in [1.807, 2.05) is 50.2 Å². The quantitative estimate of drug-likeness (QED) is 0.265. The normalized spacial score (nSPS) is 13.3. The van der Waals surface area contributed by atoms with Gasteiger partial charge < -0.3 is 23.9 Å². The third kappa shape index (κ3) is 5.75. The van der Waals surface area contributed by atoms with E-state index < -0.39 is 5.97 Å². The summed E-state index contributed by atoms with van der Waals surface area (Å²) in [6, 6.07) is 12.9. The van der Waals surface area contributed by atoms with Crippen LogP contribution in [0.5, 0.6) is 11.5 Å². The highest BCUT2D eigenvalue weighted by Gasteiger charge is 2.24. The van der Waals surface area contributed by atoms with Crippen LogP contribution in [0.2, 0.25) is 0 Å². The number of hydrogen-bond donors (Lipinski definition) is 0. The molecule has 164 valence electrons. The number of carbonyl (C=O) groups excluding carboxylic acids is 2. The first-order chi connectivity index (χ1) is 15.0. The fraction of sp³-hybridized carbons (Fsp3) is 0.348. The van der Waals surface area contributed by atoms with Crippen LogP contribution in [-0.4, -0.2) is 50.6 Å². The summed E-state index contributed by atoms with van der Waals surface area (Å²) in [6.07, 6.45) is 0. The lowest BCUT2D eigenvalue weighted by Crippen LogP contribution is -2.40. The van der Waals surface area contributed by atoms with Crippen LogP contribution in [0.25, 0.3) is 0 Å².